The second-order valence-electron chi connectivity index (χ2n) is 6.36. The minimum Gasteiger partial charge on any atom is -0.322 e. The minimum atomic E-state index is -0.565. The summed E-state index contributed by atoms with van der Waals surface area (Å²) in [5.41, 5.74) is 2.94. The minimum absolute atomic E-state index is 0.0110. The summed E-state index contributed by atoms with van der Waals surface area (Å²) >= 11 is 6.06. The van der Waals surface area contributed by atoms with Gasteiger partial charge in [-0.25, -0.2) is 9.97 Å². The molecule has 0 aliphatic heterocycles. The molecule has 4 rings (SSSR count). The molecule has 0 atom stereocenters. The molecule has 2 heterocycles. The first kappa shape index (κ1) is 18.6. The zero-order valence-corrected chi connectivity index (χ0v) is 15.9. The number of fused-ring (bicyclic) bond motifs is 1. The molecule has 0 aliphatic rings. The first-order valence-electron chi connectivity index (χ1n) is 8.58. The van der Waals surface area contributed by atoms with E-state index in [0.717, 1.165) is 17.2 Å². The molecule has 1 N–H and O–H groups in total. The van der Waals surface area contributed by atoms with Gasteiger partial charge < -0.3 is 5.32 Å². The number of carbonyl (C=O) groups is 1. The van der Waals surface area contributed by atoms with Crippen molar-refractivity contribution in [3.8, 4) is 11.3 Å². The number of non-ortho nitro benzene ring substituents is 1. The van der Waals surface area contributed by atoms with E-state index in [4.69, 9.17) is 11.6 Å². The second kappa shape index (κ2) is 7.33. The molecule has 9 heteroatoms. The van der Waals surface area contributed by atoms with Crippen LogP contribution in [0.25, 0.3) is 17.0 Å². The number of aromatic nitrogens is 3. The van der Waals surface area contributed by atoms with Crippen LogP contribution in [0.2, 0.25) is 5.02 Å². The summed E-state index contributed by atoms with van der Waals surface area (Å²) in [6, 6.07) is 11.1. The van der Waals surface area contributed by atoms with Gasteiger partial charge in [-0.3, -0.25) is 19.3 Å². The van der Waals surface area contributed by atoms with Crippen LogP contribution in [-0.2, 0) is 0 Å². The lowest BCUT2D eigenvalue weighted by atomic mass is 10.1. The summed E-state index contributed by atoms with van der Waals surface area (Å²) in [7, 11) is 0. The largest absolute Gasteiger partial charge is 0.322 e. The standard InChI is InChI=1S/C20H14ClN5O3/c1-12-3-4-13(18-11-25-8-2-7-22-20(25)24-18)9-17(12)23-19(27)15-6-5-14(26(28)29)10-16(15)21/h2-11H,1H3,(H,23,27). The molecule has 29 heavy (non-hydrogen) atoms. The summed E-state index contributed by atoms with van der Waals surface area (Å²) in [6.07, 6.45) is 5.37. The Morgan fingerprint density at radius 2 is 2.07 bits per heavy atom. The van der Waals surface area contributed by atoms with Gasteiger partial charge in [0.25, 0.3) is 11.6 Å². The van der Waals surface area contributed by atoms with Gasteiger partial charge in [-0.15, -0.1) is 0 Å². The van der Waals surface area contributed by atoms with E-state index < -0.39 is 10.8 Å². The Morgan fingerprint density at radius 3 is 2.79 bits per heavy atom. The van der Waals surface area contributed by atoms with Crippen LogP contribution in [0.1, 0.15) is 15.9 Å². The highest BCUT2D eigenvalue weighted by Gasteiger charge is 2.16. The number of halogens is 1. The first-order chi connectivity index (χ1) is 13.9. The molecule has 0 radical (unpaired) electrons. The van der Waals surface area contributed by atoms with Gasteiger partial charge in [0.05, 0.1) is 21.2 Å². The number of hydrogen-bond acceptors (Lipinski definition) is 5. The van der Waals surface area contributed by atoms with Gasteiger partial charge in [0.2, 0.25) is 5.78 Å². The number of rotatable bonds is 4. The fourth-order valence-electron chi connectivity index (χ4n) is 2.88. The number of amides is 1. The topological polar surface area (TPSA) is 102 Å². The van der Waals surface area contributed by atoms with Crippen molar-refractivity contribution in [2.24, 2.45) is 0 Å². The van der Waals surface area contributed by atoms with Crippen molar-refractivity contribution in [1.29, 1.82) is 0 Å². The lowest BCUT2D eigenvalue weighted by Crippen LogP contribution is -2.13. The average molecular weight is 408 g/mol. The molecule has 8 nitrogen and oxygen atoms in total. The molecule has 2 aromatic carbocycles. The number of imidazole rings is 1. The Labute approximate surface area is 170 Å². The highest BCUT2D eigenvalue weighted by atomic mass is 35.5. The van der Waals surface area contributed by atoms with Crippen LogP contribution in [0, 0.1) is 17.0 Å². The van der Waals surface area contributed by atoms with E-state index in [1.807, 2.05) is 48.0 Å². The fourth-order valence-corrected chi connectivity index (χ4v) is 3.14. The van der Waals surface area contributed by atoms with Crippen molar-refractivity contribution in [1.82, 2.24) is 14.4 Å². The highest BCUT2D eigenvalue weighted by Crippen LogP contribution is 2.27. The molecule has 0 fully saturated rings. The number of hydrogen-bond donors (Lipinski definition) is 1. The third kappa shape index (κ3) is 3.65. The van der Waals surface area contributed by atoms with E-state index in [-0.39, 0.29) is 16.3 Å². The van der Waals surface area contributed by atoms with Crippen LogP contribution in [-0.4, -0.2) is 25.2 Å². The van der Waals surface area contributed by atoms with E-state index in [0.29, 0.717) is 17.2 Å². The normalized spacial score (nSPS) is 10.8. The Bertz CT molecular complexity index is 1240. The monoisotopic (exact) mass is 407 g/mol. The van der Waals surface area contributed by atoms with Gasteiger partial charge in [0.15, 0.2) is 0 Å². The van der Waals surface area contributed by atoms with Crippen molar-refractivity contribution in [2.45, 2.75) is 6.92 Å². The Morgan fingerprint density at radius 1 is 1.24 bits per heavy atom. The molecule has 0 bridgehead atoms. The van der Waals surface area contributed by atoms with Crippen LogP contribution in [0.5, 0.6) is 0 Å². The predicted octanol–water partition coefficient (Wildman–Crippen LogP) is 4.52. The summed E-state index contributed by atoms with van der Waals surface area (Å²) in [6.45, 7) is 1.86. The van der Waals surface area contributed by atoms with Crippen LogP contribution >= 0.6 is 11.6 Å². The zero-order valence-electron chi connectivity index (χ0n) is 15.2. The number of carbonyl (C=O) groups excluding carboxylic acids is 1. The van der Waals surface area contributed by atoms with E-state index in [9.17, 15) is 14.9 Å². The number of aryl methyl sites for hydroxylation is 1. The molecular formula is C20H14ClN5O3. The number of nitro groups is 1. The first-order valence-corrected chi connectivity index (χ1v) is 8.96. The van der Waals surface area contributed by atoms with Crippen molar-refractivity contribution in [2.75, 3.05) is 5.32 Å². The number of nitrogens with zero attached hydrogens (tertiary/aromatic N) is 4. The summed E-state index contributed by atoms with van der Waals surface area (Å²) in [5.74, 6) is 0.119. The SMILES string of the molecule is Cc1ccc(-c2cn3cccnc3n2)cc1NC(=O)c1ccc([N+](=O)[O-])cc1Cl. The lowest BCUT2D eigenvalue weighted by molar-refractivity contribution is -0.384. The fraction of sp³-hybridized carbons (Fsp3) is 0.0500. The lowest BCUT2D eigenvalue weighted by Gasteiger charge is -2.11. The van der Waals surface area contributed by atoms with Gasteiger partial charge in [-0.2, -0.15) is 0 Å². The van der Waals surface area contributed by atoms with E-state index in [2.05, 4.69) is 15.3 Å². The molecule has 0 unspecified atom stereocenters. The molecular weight excluding hydrogens is 394 g/mol. The molecule has 0 aliphatic carbocycles. The maximum absolute atomic E-state index is 12.7. The van der Waals surface area contributed by atoms with Crippen LogP contribution in [0.15, 0.2) is 61.1 Å². The van der Waals surface area contributed by atoms with Crippen LogP contribution in [0.4, 0.5) is 11.4 Å². The average Bonchev–Trinajstić information content (AvgIpc) is 3.13. The van der Waals surface area contributed by atoms with Crippen molar-refractivity contribution in [3.05, 3.63) is 87.3 Å². The number of benzene rings is 2. The zero-order chi connectivity index (χ0) is 20.5. The van der Waals surface area contributed by atoms with Crippen molar-refractivity contribution >= 4 is 34.7 Å². The van der Waals surface area contributed by atoms with Gasteiger partial charge >= 0.3 is 0 Å². The quantitative estimate of drug-likeness (QED) is 0.395. The van der Waals surface area contributed by atoms with E-state index in [1.54, 1.807) is 6.20 Å². The Hall–Kier alpha value is -3.78. The molecule has 0 saturated heterocycles. The van der Waals surface area contributed by atoms with Crippen LogP contribution < -0.4 is 5.32 Å². The third-order valence-electron chi connectivity index (χ3n) is 4.43. The van der Waals surface area contributed by atoms with E-state index in [1.165, 1.54) is 12.1 Å². The van der Waals surface area contributed by atoms with Gasteiger partial charge in [0.1, 0.15) is 0 Å². The van der Waals surface area contributed by atoms with Crippen molar-refractivity contribution < 1.29 is 9.72 Å². The smallest absolute Gasteiger partial charge is 0.270 e. The van der Waals surface area contributed by atoms with Crippen molar-refractivity contribution in [3.63, 3.8) is 0 Å². The highest BCUT2D eigenvalue weighted by molar-refractivity contribution is 6.34. The number of anilines is 1. The predicted molar refractivity (Wildman–Crippen MR) is 109 cm³/mol. The number of nitrogens with one attached hydrogen (secondary N) is 1. The van der Waals surface area contributed by atoms with E-state index >= 15 is 0 Å². The molecule has 2 aromatic heterocycles. The summed E-state index contributed by atoms with van der Waals surface area (Å²) < 4.78 is 1.81. The third-order valence-corrected chi connectivity index (χ3v) is 4.74. The maximum atomic E-state index is 12.7. The molecule has 4 aromatic rings. The molecule has 1 amide bonds. The summed E-state index contributed by atoms with van der Waals surface area (Å²) in [5, 5.41) is 13.7. The van der Waals surface area contributed by atoms with Gasteiger partial charge in [-0.1, -0.05) is 23.7 Å². The van der Waals surface area contributed by atoms with Crippen LogP contribution in [0.3, 0.4) is 0 Å². The maximum Gasteiger partial charge on any atom is 0.270 e. The van der Waals surface area contributed by atoms with Gasteiger partial charge in [-0.05, 0) is 30.7 Å². The second-order valence-corrected chi connectivity index (χ2v) is 6.77. The number of nitro benzene ring substituents is 1. The molecule has 144 valence electrons. The Balaban J connectivity index is 1.64. The Kier molecular flexibility index (Phi) is 4.69. The molecule has 0 spiro atoms. The summed E-state index contributed by atoms with van der Waals surface area (Å²) in [4.78, 5) is 31.6. The molecule has 0 saturated carbocycles. The van der Waals surface area contributed by atoms with Gasteiger partial charge in [0, 0.05) is 42.0 Å².